The summed E-state index contributed by atoms with van der Waals surface area (Å²) in [6, 6.07) is 79.8. The van der Waals surface area contributed by atoms with E-state index in [2.05, 4.69) is 263 Å². The molecule has 0 aliphatic rings. The van der Waals surface area contributed by atoms with Gasteiger partial charge in [0.2, 0.25) is 0 Å². The van der Waals surface area contributed by atoms with Gasteiger partial charge in [-0.15, -0.1) is 0 Å². The number of aromatic nitrogens is 4. The zero-order valence-electron chi connectivity index (χ0n) is 42.6. The summed E-state index contributed by atoms with van der Waals surface area (Å²) in [6.07, 6.45) is 0. The Balaban J connectivity index is 1.12. The van der Waals surface area contributed by atoms with Gasteiger partial charge in [0.15, 0.2) is 5.82 Å². The molecule has 4 nitrogen and oxygen atoms in total. The minimum absolute atomic E-state index is 0.676. The summed E-state index contributed by atoms with van der Waals surface area (Å²) >= 11 is 0. The van der Waals surface area contributed by atoms with Gasteiger partial charge in [-0.3, -0.25) is 0 Å². The molecule has 3 aromatic heterocycles. The highest BCUT2D eigenvalue weighted by Crippen LogP contribution is 2.46. The average Bonchev–Trinajstić information content (AvgIpc) is 3.94. The fraction of sp³-hybridized carbons (Fsp3) is 0.0857. The standard InChI is InChI=1S/C70H54N4/c1-43-36-45(3)67(46(4)37-43)51-32-34-64-57(40-51)53-24-13-16-28-61(53)73(64)63-30-18-15-26-56(63)69-55(60-42-59(49-20-9-7-10-21-49)71-70(72-60)50-22-11-8-12-23-50)27-19-31-66(69)74-62-29-17-14-25-54(62)58-41-52(33-35-65(58)74)68-47(5)38-44(2)39-48(68)6/h7-42H,1-6H3. The van der Waals surface area contributed by atoms with E-state index in [0.717, 1.165) is 72.6 Å². The summed E-state index contributed by atoms with van der Waals surface area (Å²) in [5.41, 5.74) is 26.3. The lowest BCUT2D eigenvalue weighted by molar-refractivity contribution is 1.15. The highest BCUT2D eigenvalue weighted by atomic mass is 15.0. The van der Waals surface area contributed by atoms with E-state index < -0.39 is 0 Å². The molecule has 0 amide bonds. The van der Waals surface area contributed by atoms with Gasteiger partial charge in [-0.25, -0.2) is 9.97 Å². The fourth-order valence-corrected chi connectivity index (χ4v) is 12.2. The van der Waals surface area contributed by atoms with Crippen LogP contribution in [0.5, 0.6) is 0 Å². The molecule has 0 radical (unpaired) electrons. The number of fused-ring (bicyclic) bond motifs is 6. The Morgan fingerprint density at radius 1 is 0.284 bits per heavy atom. The highest BCUT2D eigenvalue weighted by Gasteiger charge is 2.25. The van der Waals surface area contributed by atoms with Crippen molar-refractivity contribution in [1.82, 2.24) is 19.1 Å². The van der Waals surface area contributed by atoms with E-state index in [1.54, 1.807) is 0 Å². The van der Waals surface area contributed by atoms with Crippen LogP contribution in [0.25, 0.3) is 122 Å². The van der Waals surface area contributed by atoms with Crippen molar-refractivity contribution >= 4 is 43.6 Å². The second-order valence-corrected chi connectivity index (χ2v) is 20.1. The van der Waals surface area contributed by atoms with Crippen LogP contribution in [0.2, 0.25) is 0 Å². The summed E-state index contributed by atoms with van der Waals surface area (Å²) in [5, 5.41) is 4.84. The first kappa shape index (κ1) is 44.8. The zero-order valence-corrected chi connectivity index (χ0v) is 42.6. The Hall–Kier alpha value is -9.12. The van der Waals surface area contributed by atoms with Crippen molar-refractivity contribution in [2.24, 2.45) is 0 Å². The van der Waals surface area contributed by atoms with Crippen molar-refractivity contribution < 1.29 is 0 Å². The van der Waals surface area contributed by atoms with E-state index in [0.29, 0.717) is 5.82 Å². The largest absolute Gasteiger partial charge is 0.309 e. The van der Waals surface area contributed by atoms with Crippen LogP contribution < -0.4 is 0 Å². The van der Waals surface area contributed by atoms with Crippen LogP contribution in [0.15, 0.2) is 218 Å². The van der Waals surface area contributed by atoms with E-state index in [4.69, 9.17) is 9.97 Å². The third kappa shape index (κ3) is 7.44. The fourth-order valence-electron chi connectivity index (χ4n) is 12.2. The minimum Gasteiger partial charge on any atom is -0.309 e. The molecule has 74 heavy (non-hydrogen) atoms. The number of nitrogens with zero attached hydrogens (tertiary/aromatic N) is 4. The van der Waals surface area contributed by atoms with Crippen LogP contribution in [0, 0.1) is 41.5 Å². The molecule has 0 spiro atoms. The maximum atomic E-state index is 5.52. The number of aryl methyl sites for hydroxylation is 6. The van der Waals surface area contributed by atoms with E-state index >= 15 is 0 Å². The maximum absolute atomic E-state index is 5.52. The van der Waals surface area contributed by atoms with Crippen LogP contribution >= 0.6 is 0 Å². The monoisotopic (exact) mass is 950 g/mol. The third-order valence-electron chi connectivity index (χ3n) is 15.1. The van der Waals surface area contributed by atoms with Crippen molar-refractivity contribution in [2.75, 3.05) is 0 Å². The molecule has 0 bridgehead atoms. The van der Waals surface area contributed by atoms with Gasteiger partial charge in [0.05, 0.1) is 44.8 Å². The van der Waals surface area contributed by atoms with E-state index in [-0.39, 0.29) is 0 Å². The molecule has 13 rings (SSSR count). The Labute approximate surface area is 432 Å². The Morgan fingerprint density at radius 3 is 1.28 bits per heavy atom. The summed E-state index contributed by atoms with van der Waals surface area (Å²) in [5.74, 6) is 0.676. The predicted octanol–water partition coefficient (Wildman–Crippen LogP) is 18.5. The minimum atomic E-state index is 0.676. The number of rotatable bonds is 8. The van der Waals surface area contributed by atoms with Gasteiger partial charge in [0, 0.05) is 49.4 Å². The summed E-state index contributed by atoms with van der Waals surface area (Å²) < 4.78 is 4.97. The molecule has 3 heterocycles. The smallest absolute Gasteiger partial charge is 0.160 e. The molecule has 354 valence electrons. The van der Waals surface area contributed by atoms with Gasteiger partial charge in [-0.2, -0.15) is 0 Å². The van der Waals surface area contributed by atoms with Gasteiger partial charge in [-0.1, -0.05) is 175 Å². The number of hydrogen-bond acceptors (Lipinski definition) is 2. The summed E-state index contributed by atoms with van der Waals surface area (Å²) in [7, 11) is 0. The van der Waals surface area contributed by atoms with Crippen molar-refractivity contribution in [3.63, 3.8) is 0 Å². The molecule has 0 fully saturated rings. The van der Waals surface area contributed by atoms with Crippen molar-refractivity contribution in [2.45, 2.75) is 41.5 Å². The molecule has 4 heteroatoms. The molecule has 10 aromatic carbocycles. The Morgan fingerprint density at radius 2 is 0.716 bits per heavy atom. The number of benzene rings is 10. The lowest BCUT2D eigenvalue weighted by Gasteiger charge is -2.22. The molecular weight excluding hydrogens is 897 g/mol. The molecule has 13 aromatic rings. The van der Waals surface area contributed by atoms with Gasteiger partial charge in [0.25, 0.3) is 0 Å². The summed E-state index contributed by atoms with van der Waals surface area (Å²) in [4.78, 5) is 10.8. The molecule has 0 saturated heterocycles. The Bertz CT molecular complexity index is 4260. The van der Waals surface area contributed by atoms with Gasteiger partial charge in [-0.05, 0) is 141 Å². The Kier molecular flexibility index (Phi) is 10.8. The quantitative estimate of drug-likeness (QED) is 0.152. The first-order valence-corrected chi connectivity index (χ1v) is 25.6. The maximum Gasteiger partial charge on any atom is 0.160 e. The third-order valence-corrected chi connectivity index (χ3v) is 15.1. The summed E-state index contributed by atoms with van der Waals surface area (Å²) in [6.45, 7) is 13.3. The van der Waals surface area contributed by atoms with Gasteiger partial charge >= 0.3 is 0 Å². The van der Waals surface area contributed by atoms with Crippen molar-refractivity contribution in [1.29, 1.82) is 0 Å². The van der Waals surface area contributed by atoms with Crippen LogP contribution in [0.4, 0.5) is 0 Å². The molecule has 0 aliphatic carbocycles. The first-order valence-electron chi connectivity index (χ1n) is 25.6. The molecule has 0 aliphatic heterocycles. The molecule has 0 saturated carbocycles. The van der Waals surface area contributed by atoms with Crippen molar-refractivity contribution in [3.8, 4) is 78.7 Å². The van der Waals surface area contributed by atoms with Crippen molar-refractivity contribution in [3.05, 3.63) is 252 Å². The predicted molar refractivity (Wildman–Crippen MR) is 312 cm³/mol. The lowest BCUT2D eigenvalue weighted by atomic mass is 9.92. The zero-order chi connectivity index (χ0) is 50.2. The molecule has 0 N–H and O–H groups in total. The topological polar surface area (TPSA) is 35.6 Å². The number of para-hydroxylation sites is 3. The molecule has 0 atom stereocenters. The van der Waals surface area contributed by atoms with Crippen LogP contribution in [0.1, 0.15) is 33.4 Å². The second kappa shape index (κ2) is 17.9. The number of hydrogen-bond donors (Lipinski definition) is 0. The molecular formula is C70H54N4. The van der Waals surface area contributed by atoms with E-state index in [1.165, 1.54) is 77.2 Å². The average molecular weight is 951 g/mol. The van der Waals surface area contributed by atoms with Crippen LogP contribution in [-0.4, -0.2) is 19.1 Å². The van der Waals surface area contributed by atoms with Gasteiger partial charge < -0.3 is 9.13 Å². The van der Waals surface area contributed by atoms with Crippen LogP contribution in [0.3, 0.4) is 0 Å². The highest BCUT2D eigenvalue weighted by molar-refractivity contribution is 6.13. The van der Waals surface area contributed by atoms with E-state index in [1.807, 2.05) is 6.07 Å². The van der Waals surface area contributed by atoms with Gasteiger partial charge in [0.1, 0.15) is 0 Å². The molecule has 0 unspecified atom stereocenters. The second-order valence-electron chi connectivity index (χ2n) is 20.1. The SMILES string of the molecule is Cc1cc(C)c(-c2ccc3c(c2)c2ccccc2n3-c2ccccc2-c2c(-c3cc(-c4ccccc4)nc(-c4ccccc4)n3)cccc2-n2c3ccccc3c3cc(-c4c(C)cc(C)cc4C)ccc32)c(C)c1. The van der Waals surface area contributed by atoms with Crippen LogP contribution in [-0.2, 0) is 0 Å². The van der Waals surface area contributed by atoms with E-state index in [9.17, 15) is 0 Å². The normalized spacial score (nSPS) is 11.6. The lowest BCUT2D eigenvalue weighted by Crippen LogP contribution is -2.04. The first-order chi connectivity index (χ1) is 36.2.